The van der Waals surface area contributed by atoms with Gasteiger partial charge in [0.25, 0.3) is 19.7 Å². The molecule has 0 N–H and O–H groups in total. The third kappa shape index (κ3) is 16.2. The van der Waals surface area contributed by atoms with Gasteiger partial charge in [0.1, 0.15) is 31.7 Å². The lowest BCUT2D eigenvalue weighted by Crippen LogP contribution is -2.29. The van der Waals surface area contributed by atoms with E-state index in [1.165, 1.54) is 13.2 Å². The van der Waals surface area contributed by atoms with Gasteiger partial charge >= 0.3 is 35.2 Å². The minimum absolute atomic E-state index is 0.111. The summed E-state index contributed by atoms with van der Waals surface area (Å²) in [4.78, 5) is 13.6. The molecule has 494 valence electrons. The number of nitrogens with zero attached hydrogens (tertiary/aromatic N) is 12. The van der Waals surface area contributed by atoms with E-state index in [1.54, 1.807) is 0 Å². The van der Waals surface area contributed by atoms with E-state index in [2.05, 4.69) is 104 Å². The Labute approximate surface area is 554 Å². The number of aromatic nitrogens is 12. The van der Waals surface area contributed by atoms with E-state index >= 15 is 0 Å². The van der Waals surface area contributed by atoms with Crippen LogP contribution in [-0.4, -0.2) is 92.7 Å². The Hall–Kier alpha value is -2.95. The summed E-state index contributed by atoms with van der Waals surface area (Å²) in [6.45, 7) is 0. The van der Waals surface area contributed by atoms with Crippen molar-refractivity contribution in [1.82, 2.24) is 59.1 Å². The van der Waals surface area contributed by atoms with Crippen LogP contribution in [0.3, 0.4) is 0 Å². The van der Waals surface area contributed by atoms with Crippen molar-refractivity contribution in [3.63, 3.8) is 0 Å². The molecule has 0 radical (unpaired) electrons. The van der Waals surface area contributed by atoms with Gasteiger partial charge in [-0.3, -0.25) is 18.7 Å². The van der Waals surface area contributed by atoms with Crippen molar-refractivity contribution >= 4 is 195 Å². The number of alkyl halides is 17. The summed E-state index contributed by atoms with van der Waals surface area (Å²) in [6.07, 6.45) is -16.3. The molecule has 1 unspecified atom stereocenters. The van der Waals surface area contributed by atoms with Crippen LogP contribution in [0, 0.1) is 0 Å². The van der Waals surface area contributed by atoms with Crippen molar-refractivity contribution in [3.8, 4) is 0 Å². The number of aryl methyl sites for hydroxylation is 4. The van der Waals surface area contributed by atoms with E-state index in [-0.39, 0.29) is 20.9 Å². The van der Waals surface area contributed by atoms with Gasteiger partial charge < -0.3 is 0 Å². The fourth-order valence-electron chi connectivity index (χ4n) is 6.22. The molecule has 8 heterocycles. The van der Waals surface area contributed by atoms with Crippen LogP contribution in [0.2, 0.25) is 20.6 Å². The Morgan fingerprint density at radius 2 is 0.719 bits per heavy atom. The molecule has 0 fully saturated rings. The molecule has 0 aliphatic heterocycles. The summed E-state index contributed by atoms with van der Waals surface area (Å²) in [6, 6.07) is 0. The number of thiazole rings is 4. The molecule has 20 nitrogen and oxygen atoms in total. The fraction of sp³-hybridized carbons (Fsp3) is 0.333. The molecule has 0 aromatic carbocycles. The van der Waals surface area contributed by atoms with Crippen LogP contribution in [0.4, 0.5) is 74.6 Å². The summed E-state index contributed by atoms with van der Waals surface area (Å²) in [5.41, 5.74) is -15.9. The topological polar surface area (TPSA) is 259 Å². The first-order valence-electron chi connectivity index (χ1n) is 21.1. The minimum atomic E-state index is -5.56. The minimum Gasteiger partial charge on any atom is -0.256 e. The van der Waals surface area contributed by atoms with Crippen LogP contribution in [0.15, 0.2) is 57.3 Å². The van der Waals surface area contributed by atoms with E-state index in [0.29, 0.717) is 51.8 Å². The standard InChI is InChI=1S/2C9H4BrClF5N3O2S2.C9H5BrClF4N3O2S2.C9H6BrClF3N3O2S2/c2*1-19-6(11)4(5(18-19)8(12,13)14)9(15,16)23(20,21)7-17-2-3(10)22-7;1-18-6(11)4(5(17-18)9(13,14)15)7(12)22(19,20)8-16-2-3(10)21-8;1-17-7(11)4(6(16-17)9(12,13)14)3-21(18,19)8-15-2-5(10)20-8/h2*2H,1H3;2,7H,1H3;2H,3H2,1H3. The molecule has 1 atom stereocenters. The van der Waals surface area contributed by atoms with Crippen molar-refractivity contribution < 1.29 is 108 Å². The van der Waals surface area contributed by atoms with Gasteiger partial charge in [-0.05, 0) is 63.7 Å². The summed E-state index contributed by atoms with van der Waals surface area (Å²) in [5, 5.41) is -1.37. The summed E-state index contributed by atoms with van der Waals surface area (Å²) < 4.78 is 323. The Kier molecular flexibility index (Phi) is 23.3. The highest BCUT2D eigenvalue weighted by molar-refractivity contribution is 9.11. The molecule has 0 saturated heterocycles. The second-order valence-electron chi connectivity index (χ2n) is 16.1. The normalized spacial score (nSPS) is 13.6. The predicted molar refractivity (Wildman–Crippen MR) is 296 cm³/mol. The Balaban J connectivity index is 0.000000216. The van der Waals surface area contributed by atoms with Crippen molar-refractivity contribution in [2.75, 3.05) is 0 Å². The van der Waals surface area contributed by atoms with E-state index in [0.717, 1.165) is 55.8 Å². The van der Waals surface area contributed by atoms with Crippen LogP contribution < -0.4 is 0 Å². The molecule has 0 spiro atoms. The van der Waals surface area contributed by atoms with Crippen LogP contribution >= 0.6 is 155 Å². The van der Waals surface area contributed by atoms with E-state index in [1.807, 2.05) is 0 Å². The van der Waals surface area contributed by atoms with Crippen LogP contribution in [0.5, 0.6) is 0 Å². The van der Waals surface area contributed by atoms with Gasteiger partial charge in [0.05, 0.1) is 51.2 Å². The second kappa shape index (κ2) is 27.0. The molecule has 0 aliphatic carbocycles. The van der Waals surface area contributed by atoms with Gasteiger partial charge in [-0.25, -0.2) is 58.0 Å². The van der Waals surface area contributed by atoms with Gasteiger partial charge in [0.15, 0.2) is 22.8 Å². The average Bonchev–Trinajstić information content (AvgIpc) is 1.70. The van der Waals surface area contributed by atoms with Gasteiger partial charge in [-0.2, -0.15) is 90.6 Å². The lowest BCUT2D eigenvalue weighted by atomic mass is 10.2. The van der Waals surface area contributed by atoms with Crippen molar-refractivity contribution in [2.24, 2.45) is 28.2 Å². The van der Waals surface area contributed by atoms with E-state index < -0.39 is 159 Å². The zero-order chi connectivity index (χ0) is 68.5. The summed E-state index contributed by atoms with van der Waals surface area (Å²) >= 11 is 35.9. The Morgan fingerprint density at radius 1 is 0.438 bits per heavy atom. The van der Waals surface area contributed by atoms with Gasteiger partial charge in [0.2, 0.25) is 42.5 Å². The predicted octanol–water partition coefficient (Wildman–Crippen LogP) is 14.7. The third-order valence-corrected chi connectivity index (χ3v) is 26.2. The lowest BCUT2D eigenvalue weighted by molar-refractivity contribution is -0.144. The molecule has 8 aromatic rings. The van der Waals surface area contributed by atoms with E-state index in [4.69, 9.17) is 46.4 Å². The molecule has 8 aromatic heterocycles. The van der Waals surface area contributed by atoms with Crippen molar-refractivity contribution in [1.29, 1.82) is 0 Å². The van der Waals surface area contributed by atoms with Crippen LogP contribution in [0.25, 0.3) is 0 Å². The van der Waals surface area contributed by atoms with Crippen molar-refractivity contribution in [2.45, 2.75) is 63.8 Å². The highest BCUT2D eigenvalue weighted by atomic mass is 79.9. The van der Waals surface area contributed by atoms with Gasteiger partial charge in [0, 0.05) is 33.8 Å². The SMILES string of the molecule is Cn1nc(C(F)(F)F)c(C(F)(F)S(=O)(=O)c2ncc(Br)s2)c1Cl.Cn1nc(C(F)(F)F)c(C(F)(F)S(=O)(=O)c2ncc(Br)s2)c1Cl.Cn1nc(C(F)(F)F)c(C(F)S(=O)(=O)c2ncc(Br)s2)c1Cl.Cn1nc(C(F)(F)F)c(CS(=O)(=O)c2ncc(Br)s2)c1Cl. The number of sulfone groups is 4. The third-order valence-electron chi connectivity index (χ3n) is 9.99. The number of halogens is 25. The number of hydrogen-bond donors (Lipinski definition) is 0. The highest BCUT2D eigenvalue weighted by Crippen LogP contribution is 2.51. The maximum atomic E-state index is 14.4. The smallest absolute Gasteiger partial charge is 0.256 e. The maximum absolute atomic E-state index is 14.4. The quantitative estimate of drug-likeness (QED) is 0.103. The molecule has 0 saturated carbocycles. The molecule has 89 heavy (non-hydrogen) atoms. The Morgan fingerprint density at radius 3 is 1.03 bits per heavy atom. The van der Waals surface area contributed by atoms with Crippen LogP contribution in [-0.2, 0) is 109 Å². The summed E-state index contributed by atoms with van der Waals surface area (Å²) in [7, 11) is -15.9. The average molecular weight is 1790 g/mol. The van der Waals surface area contributed by atoms with Gasteiger partial charge in [-0.1, -0.05) is 91.8 Å². The lowest BCUT2D eigenvalue weighted by Gasteiger charge is -2.16. The van der Waals surface area contributed by atoms with Gasteiger partial charge in [-0.15, -0.1) is 0 Å². The first kappa shape index (κ1) is 76.8. The zero-order valence-electron chi connectivity index (χ0n) is 41.9. The molecule has 53 heteroatoms. The van der Waals surface area contributed by atoms with Crippen molar-refractivity contribution in [3.05, 3.63) is 106 Å². The molecular weight excluding hydrogens is 1770 g/mol. The first-order chi connectivity index (χ1) is 40.1. The molecule has 0 aliphatic rings. The molecule has 0 amide bonds. The zero-order valence-corrected chi connectivity index (χ0v) is 57.8. The molecular formula is C36H19Br4Cl4F17N12O8S8. The second-order valence-corrected chi connectivity index (χ2v) is 35.8. The number of hydrogen-bond acceptors (Lipinski definition) is 20. The Bertz CT molecular complexity index is 4290. The van der Waals surface area contributed by atoms with E-state index in [9.17, 15) is 108 Å². The monoisotopic (exact) mass is 1780 g/mol. The van der Waals surface area contributed by atoms with Crippen LogP contribution in [0.1, 0.15) is 50.5 Å². The number of rotatable bonds is 12. The molecule has 0 bridgehead atoms. The molecule has 8 rings (SSSR count). The highest BCUT2D eigenvalue weighted by Gasteiger charge is 2.59. The first-order valence-corrected chi connectivity index (χ1v) is 35.2. The maximum Gasteiger partial charge on any atom is 0.435 e. The summed E-state index contributed by atoms with van der Waals surface area (Å²) in [5.74, 6) is -0.922. The fourth-order valence-corrected chi connectivity index (χ4v) is 20.1. The largest absolute Gasteiger partial charge is 0.435 e.